The lowest BCUT2D eigenvalue weighted by Crippen LogP contribution is -2.20. The molecule has 3 heteroatoms. The Balaban J connectivity index is 2.25. The molecule has 1 saturated heterocycles. The van der Waals surface area contributed by atoms with Crippen molar-refractivity contribution in [2.24, 2.45) is 0 Å². The van der Waals surface area contributed by atoms with Crippen molar-refractivity contribution in [3.63, 3.8) is 0 Å². The van der Waals surface area contributed by atoms with Gasteiger partial charge in [-0.2, -0.15) is 0 Å². The van der Waals surface area contributed by atoms with Gasteiger partial charge in [-0.25, -0.2) is 4.98 Å². The van der Waals surface area contributed by atoms with Crippen molar-refractivity contribution in [2.45, 2.75) is 33.1 Å². The third-order valence-electron chi connectivity index (χ3n) is 3.10. The molecule has 2 rings (SSSR count). The number of aryl methyl sites for hydroxylation is 1. The smallest absolute Gasteiger partial charge is 0.164 e. The topological polar surface area (TPSA) is 33.2 Å². The minimum atomic E-state index is 0.170. The third kappa shape index (κ3) is 2.08. The Bertz CT molecular complexity index is 395. The molecule has 0 radical (unpaired) electrons. The Morgan fingerprint density at radius 3 is 2.69 bits per heavy atom. The predicted octanol–water partition coefficient (Wildman–Crippen LogP) is 2.58. The molecule has 0 unspecified atom stereocenters. The first-order chi connectivity index (χ1) is 7.72. The molecule has 1 aromatic heterocycles. The van der Waals surface area contributed by atoms with Crippen LogP contribution >= 0.6 is 0 Å². The number of aromatic nitrogens is 1. The fourth-order valence-electron chi connectivity index (χ4n) is 2.18. The maximum atomic E-state index is 11.5. The Morgan fingerprint density at radius 2 is 2.12 bits per heavy atom. The summed E-state index contributed by atoms with van der Waals surface area (Å²) in [7, 11) is 0. The van der Waals surface area contributed by atoms with Gasteiger partial charge in [0.1, 0.15) is 5.82 Å². The molecule has 0 aromatic carbocycles. The Hall–Kier alpha value is -1.38. The van der Waals surface area contributed by atoms with Crippen LogP contribution in [-0.2, 0) is 0 Å². The number of rotatable bonds is 3. The van der Waals surface area contributed by atoms with Crippen molar-refractivity contribution in [3.8, 4) is 0 Å². The van der Waals surface area contributed by atoms with E-state index >= 15 is 0 Å². The zero-order chi connectivity index (χ0) is 11.5. The van der Waals surface area contributed by atoms with Gasteiger partial charge in [-0.1, -0.05) is 6.92 Å². The van der Waals surface area contributed by atoms with Gasteiger partial charge in [0.15, 0.2) is 5.78 Å². The highest BCUT2D eigenvalue weighted by molar-refractivity contribution is 5.96. The molecule has 16 heavy (non-hydrogen) atoms. The monoisotopic (exact) mass is 218 g/mol. The maximum Gasteiger partial charge on any atom is 0.164 e. The lowest BCUT2D eigenvalue weighted by atomic mass is 10.1. The number of hydrogen-bond donors (Lipinski definition) is 0. The van der Waals surface area contributed by atoms with Crippen LogP contribution in [-0.4, -0.2) is 23.9 Å². The van der Waals surface area contributed by atoms with Gasteiger partial charge in [-0.3, -0.25) is 4.79 Å². The van der Waals surface area contributed by atoms with E-state index in [1.54, 1.807) is 6.20 Å². The number of hydrogen-bond acceptors (Lipinski definition) is 3. The summed E-state index contributed by atoms with van der Waals surface area (Å²) >= 11 is 0. The zero-order valence-electron chi connectivity index (χ0n) is 9.99. The number of anilines is 1. The van der Waals surface area contributed by atoms with Crippen LogP contribution in [0.2, 0.25) is 0 Å². The number of Topliss-reactive ketones (excluding diaryl/α,β-unsaturated/α-hetero) is 1. The molecule has 1 aliphatic heterocycles. The van der Waals surface area contributed by atoms with Crippen LogP contribution in [0.4, 0.5) is 5.82 Å². The normalized spacial score (nSPS) is 15.5. The summed E-state index contributed by atoms with van der Waals surface area (Å²) in [4.78, 5) is 18.3. The van der Waals surface area contributed by atoms with Crippen LogP contribution in [0.3, 0.4) is 0 Å². The quantitative estimate of drug-likeness (QED) is 0.731. The van der Waals surface area contributed by atoms with E-state index in [-0.39, 0.29) is 5.78 Å². The van der Waals surface area contributed by atoms with Gasteiger partial charge in [-0.05, 0) is 31.4 Å². The molecule has 2 heterocycles. The molecule has 1 aliphatic rings. The molecular formula is C13H18N2O. The molecule has 3 nitrogen and oxygen atoms in total. The van der Waals surface area contributed by atoms with Crippen molar-refractivity contribution < 1.29 is 4.79 Å². The van der Waals surface area contributed by atoms with E-state index < -0.39 is 0 Å². The van der Waals surface area contributed by atoms with Gasteiger partial charge < -0.3 is 4.90 Å². The second kappa shape index (κ2) is 4.64. The highest BCUT2D eigenvalue weighted by Gasteiger charge is 2.16. The summed E-state index contributed by atoms with van der Waals surface area (Å²) in [5.74, 6) is 1.22. The summed E-state index contributed by atoms with van der Waals surface area (Å²) in [5.41, 5.74) is 1.85. The second-order valence-electron chi connectivity index (χ2n) is 4.34. The molecule has 0 atom stereocenters. The first-order valence-electron chi connectivity index (χ1n) is 5.97. The maximum absolute atomic E-state index is 11.5. The van der Waals surface area contributed by atoms with E-state index in [2.05, 4.69) is 9.88 Å². The number of ketones is 1. The minimum Gasteiger partial charge on any atom is -0.356 e. The second-order valence-corrected chi connectivity index (χ2v) is 4.34. The summed E-state index contributed by atoms with van der Waals surface area (Å²) in [6, 6.07) is 1.96. The number of carbonyl (C=O) groups excluding carboxylic acids is 1. The molecule has 0 N–H and O–H groups in total. The summed E-state index contributed by atoms with van der Waals surface area (Å²) in [6.45, 7) is 6.10. The molecule has 86 valence electrons. The fraction of sp³-hybridized carbons (Fsp3) is 0.538. The van der Waals surface area contributed by atoms with Gasteiger partial charge in [0.25, 0.3) is 0 Å². The van der Waals surface area contributed by atoms with Crippen LogP contribution in [0.1, 0.15) is 42.1 Å². The lowest BCUT2D eigenvalue weighted by Gasteiger charge is -2.18. The molecule has 0 amide bonds. The third-order valence-corrected chi connectivity index (χ3v) is 3.10. The van der Waals surface area contributed by atoms with Gasteiger partial charge >= 0.3 is 0 Å². The standard InChI is InChI=1S/C13H18N2O/c1-3-12(16)11-8-10(2)13(14-9-11)15-6-4-5-7-15/h8-9H,3-7H2,1-2H3. The largest absolute Gasteiger partial charge is 0.356 e. The van der Waals surface area contributed by atoms with Crippen LogP contribution in [0, 0.1) is 6.92 Å². The van der Waals surface area contributed by atoms with E-state index in [1.807, 2.05) is 19.9 Å². The van der Waals surface area contributed by atoms with E-state index in [1.165, 1.54) is 12.8 Å². The molecule has 1 fully saturated rings. The van der Waals surface area contributed by atoms with Crippen LogP contribution in [0.5, 0.6) is 0 Å². The number of carbonyl (C=O) groups is 1. The fourth-order valence-corrected chi connectivity index (χ4v) is 2.18. The molecule has 0 saturated carbocycles. The van der Waals surface area contributed by atoms with Crippen LogP contribution in [0.25, 0.3) is 0 Å². The van der Waals surface area contributed by atoms with E-state index in [9.17, 15) is 4.79 Å². The Morgan fingerprint density at radius 1 is 1.44 bits per heavy atom. The van der Waals surface area contributed by atoms with Gasteiger partial charge in [0.05, 0.1) is 0 Å². The average molecular weight is 218 g/mol. The van der Waals surface area contributed by atoms with Crippen LogP contribution < -0.4 is 4.90 Å². The van der Waals surface area contributed by atoms with E-state index in [4.69, 9.17) is 0 Å². The van der Waals surface area contributed by atoms with Crippen molar-refractivity contribution >= 4 is 11.6 Å². The van der Waals surface area contributed by atoms with Gasteiger partial charge in [0, 0.05) is 31.3 Å². The van der Waals surface area contributed by atoms with Gasteiger partial charge in [0.2, 0.25) is 0 Å². The molecule has 0 aliphatic carbocycles. The van der Waals surface area contributed by atoms with Crippen LogP contribution in [0.15, 0.2) is 12.3 Å². The lowest BCUT2D eigenvalue weighted by molar-refractivity contribution is 0.0988. The molecule has 0 spiro atoms. The van der Waals surface area contributed by atoms with Gasteiger partial charge in [-0.15, -0.1) is 0 Å². The predicted molar refractivity (Wildman–Crippen MR) is 65.0 cm³/mol. The Kier molecular flexibility index (Phi) is 3.22. The average Bonchev–Trinajstić information content (AvgIpc) is 2.81. The summed E-state index contributed by atoms with van der Waals surface area (Å²) in [5, 5.41) is 0. The SMILES string of the molecule is CCC(=O)c1cnc(N2CCCC2)c(C)c1. The highest BCUT2D eigenvalue weighted by atomic mass is 16.1. The first kappa shape index (κ1) is 11.1. The highest BCUT2D eigenvalue weighted by Crippen LogP contribution is 2.22. The van der Waals surface area contributed by atoms with Crippen molar-refractivity contribution in [1.82, 2.24) is 4.98 Å². The summed E-state index contributed by atoms with van der Waals surface area (Å²) in [6.07, 6.45) is 4.75. The van der Waals surface area contributed by atoms with Crippen molar-refractivity contribution in [1.29, 1.82) is 0 Å². The zero-order valence-corrected chi connectivity index (χ0v) is 9.99. The van der Waals surface area contributed by atoms with E-state index in [0.717, 1.165) is 30.0 Å². The minimum absolute atomic E-state index is 0.170. The Labute approximate surface area is 96.5 Å². The van der Waals surface area contributed by atoms with E-state index in [0.29, 0.717) is 6.42 Å². The number of nitrogens with zero attached hydrogens (tertiary/aromatic N) is 2. The number of pyridine rings is 1. The summed E-state index contributed by atoms with van der Waals surface area (Å²) < 4.78 is 0. The van der Waals surface area contributed by atoms with Crippen molar-refractivity contribution in [3.05, 3.63) is 23.4 Å². The molecule has 1 aromatic rings. The molecular weight excluding hydrogens is 200 g/mol. The van der Waals surface area contributed by atoms with Crippen molar-refractivity contribution in [2.75, 3.05) is 18.0 Å². The molecule has 0 bridgehead atoms. The first-order valence-corrected chi connectivity index (χ1v) is 5.97.